The number of thiocarbonyl (C=S) groups is 1. The van der Waals surface area contributed by atoms with Crippen molar-refractivity contribution in [3.8, 4) is 0 Å². The van der Waals surface area contributed by atoms with Gasteiger partial charge in [0.05, 0.1) is 25.6 Å². The normalized spacial score (nSPS) is 13.8. The molecule has 40 heavy (non-hydrogen) atoms. The van der Waals surface area contributed by atoms with Gasteiger partial charge in [-0.15, -0.1) is 0 Å². The van der Waals surface area contributed by atoms with Crippen molar-refractivity contribution in [2.45, 2.75) is 37.3 Å². The Morgan fingerprint density at radius 2 is 1.50 bits per heavy atom. The highest BCUT2D eigenvalue weighted by molar-refractivity contribution is 7.80. The van der Waals surface area contributed by atoms with E-state index in [1.807, 2.05) is 0 Å². The van der Waals surface area contributed by atoms with Gasteiger partial charge in [-0.05, 0) is 29.8 Å². The lowest BCUT2D eigenvalue weighted by atomic mass is 9.94. The number of Topliss-reactive ketones (excluding diaryl/α,β-unsaturated/α-hetero) is 1. The summed E-state index contributed by atoms with van der Waals surface area (Å²) in [4.78, 5) is 12.8. The standard InChI is InChI=1S/C24H16Cl3F10NOS/c1-38(10-22(29,30)31)20(40)5-4-19(39)13-3-2-11(6-15(13)24(35,36)37)18(28)9-14(23(32,33)34)12-7-16(25)21(27)17(26)8-12/h2-3,6-9,14H,4-5,10H2,1H3/b18-9-. The Bertz CT molecular complexity index is 1280. The molecule has 2 rings (SSSR count). The zero-order valence-corrected chi connectivity index (χ0v) is 22.9. The number of benzene rings is 2. The van der Waals surface area contributed by atoms with Crippen molar-refractivity contribution in [3.05, 3.63) is 73.7 Å². The van der Waals surface area contributed by atoms with E-state index in [1.165, 1.54) is 0 Å². The number of rotatable bonds is 8. The average Bonchev–Trinajstić information content (AvgIpc) is 2.80. The van der Waals surface area contributed by atoms with Gasteiger partial charge in [0.15, 0.2) is 5.78 Å². The Labute approximate surface area is 241 Å². The molecule has 0 amide bonds. The smallest absolute Gasteiger partial charge is 0.360 e. The van der Waals surface area contributed by atoms with Crippen LogP contribution in [0.1, 0.15) is 45.8 Å². The third kappa shape index (κ3) is 9.22. The van der Waals surface area contributed by atoms with Gasteiger partial charge in [0.2, 0.25) is 0 Å². The van der Waals surface area contributed by atoms with Crippen molar-refractivity contribution in [2.24, 2.45) is 0 Å². The first kappa shape index (κ1) is 34.1. The number of allylic oxidation sites excluding steroid dienone is 1. The molecule has 1 atom stereocenters. The van der Waals surface area contributed by atoms with E-state index in [2.05, 4.69) is 0 Å². The number of nitrogens with zero attached hydrogens (tertiary/aromatic N) is 1. The summed E-state index contributed by atoms with van der Waals surface area (Å²) in [6.45, 7) is -1.44. The van der Waals surface area contributed by atoms with E-state index in [0.29, 0.717) is 17.0 Å². The summed E-state index contributed by atoms with van der Waals surface area (Å²) in [6.07, 6.45) is -16.2. The Morgan fingerprint density at radius 3 is 1.98 bits per heavy atom. The Balaban J connectivity index is 2.42. The number of carbonyl (C=O) groups is 1. The van der Waals surface area contributed by atoms with Crippen molar-refractivity contribution >= 4 is 63.6 Å². The molecule has 2 aromatic carbocycles. The molecule has 0 bridgehead atoms. The van der Waals surface area contributed by atoms with Gasteiger partial charge in [-0.25, -0.2) is 4.39 Å². The van der Waals surface area contributed by atoms with Gasteiger partial charge in [0.1, 0.15) is 18.3 Å². The minimum atomic E-state index is -5.24. The molecule has 0 aliphatic carbocycles. The van der Waals surface area contributed by atoms with Gasteiger partial charge >= 0.3 is 18.5 Å². The Kier molecular flexibility index (Phi) is 10.9. The minimum Gasteiger partial charge on any atom is -0.360 e. The molecular weight excluding hydrogens is 647 g/mol. The van der Waals surface area contributed by atoms with Crippen LogP contribution >= 0.6 is 47.0 Å². The van der Waals surface area contributed by atoms with E-state index in [9.17, 15) is 48.7 Å². The molecule has 2 nitrogen and oxygen atoms in total. The molecule has 0 aromatic heterocycles. The van der Waals surface area contributed by atoms with Crippen LogP contribution in [0.5, 0.6) is 0 Å². The molecule has 0 N–H and O–H groups in total. The van der Waals surface area contributed by atoms with Crippen molar-refractivity contribution in [1.82, 2.24) is 4.90 Å². The van der Waals surface area contributed by atoms with Gasteiger partial charge in [-0.1, -0.05) is 59.2 Å². The molecule has 0 spiro atoms. The van der Waals surface area contributed by atoms with Crippen LogP contribution in [0.2, 0.25) is 15.1 Å². The van der Waals surface area contributed by atoms with E-state index >= 15 is 0 Å². The lowest BCUT2D eigenvalue weighted by molar-refractivity contribution is -0.140. The van der Waals surface area contributed by atoms with Gasteiger partial charge in [-0.2, -0.15) is 39.5 Å². The third-order valence-corrected chi connectivity index (χ3v) is 7.05. The van der Waals surface area contributed by atoms with Gasteiger partial charge in [0.25, 0.3) is 0 Å². The number of halogens is 13. The summed E-state index contributed by atoms with van der Waals surface area (Å²) in [7, 11) is 0.992. The van der Waals surface area contributed by atoms with Crippen LogP contribution in [0.4, 0.5) is 43.9 Å². The van der Waals surface area contributed by atoms with Gasteiger partial charge < -0.3 is 4.90 Å². The summed E-state index contributed by atoms with van der Waals surface area (Å²) in [5.41, 5.74) is -4.19. The van der Waals surface area contributed by atoms with E-state index < -0.39 is 77.7 Å². The quantitative estimate of drug-likeness (QED) is 0.121. The first-order chi connectivity index (χ1) is 18.1. The summed E-state index contributed by atoms with van der Waals surface area (Å²) in [5.74, 6) is -5.57. The predicted octanol–water partition coefficient (Wildman–Crippen LogP) is 10.1. The zero-order valence-electron chi connectivity index (χ0n) is 19.8. The fourth-order valence-corrected chi connectivity index (χ4v) is 4.23. The monoisotopic (exact) mass is 661 g/mol. The van der Waals surface area contributed by atoms with E-state index in [0.717, 1.165) is 19.2 Å². The average molecular weight is 663 g/mol. The minimum absolute atomic E-state index is 0.0157. The van der Waals surface area contributed by atoms with Crippen LogP contribution in [-0.2, 0) is 6.18 Å². The summed E-state index contributed by atoms with van der Waals surface area (Å²) in [6, 6.07) is 2.93. The van der Waals surface area contributed by atoms with Crippen LogP contribution in [0.15, 0.2) is 36.4 Å². The van der Waals surface area contributed by atoms with Crippen molar-refractivity contribution < 1.29 is 48.7 Å². The molecule has 220 valence electrons. The maximum Gasteiger partial charge on any atom is 0.417 e. The maximum atomic E-state index is 15.0. The van der Waals surface area contributed by atoms with E-state index in [4.69, 9.17) is 47.0 Å². The van der Waals surface area contributed by atoms with Crippen LogP contribution in [0, 0.1) is 0 Å². The number of ketones is 1. The molecular formula is C24H16Cl3F10NOS. The van der Waals surface area contributed by atoms with Gasteiger partial charge in [0, 0.05) is 31.0 Å². The second-order valence-corrected chi connectivity index (χ2v) is 10.0. The van der Waals surface area contributed by atoms with Crippen LogP contribution in [0.3, 0.4) is 0 Å². The zero-order chi connectivity index (χ0) is 30.8. The first-order valence-electron chi connectivity index (χ1n) is 10.8. The SMILES string of the molecule is CN(CC(F)(F)F)C(=S)CCC(=O)c1ccc(/C(F)=C/C(c2cc(Cl)c(Cl)c(Cl)c2)C(F)(F)F)cc1C(F)(F)F. The number of alkyl halides is 9. The van der Waals surface area contributed by atoms with Crippen molar-refractivity contribution in [1.29, 1.82) is 0 Å². The van der Waals surface area contributed by atoms with Crippen LogP contribution in [0.25, 0.3) is 5.83 Å². The molecule has 2 aromatic rings. The number of hydrogen-bond donors (Lipinski definition) is 0. The molecule has 0 saturated heterocycles. The fraction of sp³-hybridized carbons (Fsp3) is 0.333. The molecule has 0 saturated carbocycles. The fourth-order valence-electron chi connectivity index (χ4n) is 3.45. The molecule has 16 heteroatoms. The van der Waals surface area contributed by atoms with E-state index in [1.54, 1.807) is 0 Å². The Hall–Kier alpha value is -2.09. The highest BCUT2D eigenvalue weighted by atomic mass is 35.5. The molecule has 0 aliphatic heterocycles. The Morgan fingerprint density at radius 1 is 0.950 bits per heavy atom. The van der Waals surface area contributed by atoms with Crippen LogP contribution < -0.4 is 0 Å². The predicted molar refractivity (Wildman–Crippen MR) is 136 cm³/mol. The molecule has 0 radical (unpaired) electrons. The second kappa shape index (κ2) is 12.8. The third-order valence-electron chi connectivity index (χ3n) is 5.34. The van der Waals surface area contributed by atoms with Crippen molar-refractivity contribution in [2.75, 3.05) is 13.6 Å². The molecule has 0 aliphatic rings. The van der Waals surface area contributed by atoms with Crippen molar-refractivity contribution in [3.63, 3.8) is 0 Å². The molecule has 0 heterocycles. The number of hydrogen-bond acceptors (Lipinski definition) is 2. The lowest BCUT2D eigenvalue weighted by Gasteiger charge is -2.21. The highest BCUT2D eigenvalue weighted by Crippen LogP contribution is 2.43. The van der Waals surface area contributed by atoms with E-state index in [-0.39, 0.29) is 32.2 Å². The second-order valence-electron chi connectivity index (χ2n) is 8.38. The summed E-state index contributed by atoms with van der Waals surface area (Å²) >= 11 is 22.0. The molecule has 1 unspecified atom stereocenters. The number of carbonyl (C=O) groups excluding carboxylic acids is 1. The lowest BCUT2D eigenvalue weighted by Crippen LogP contribution is -2.35. The molecule has 0 fully saturated rings. The topological polar surface area (TPSA) is 20.3 Å². The van der Waals surface area contributed by atoms with Crippen LogP contribution in [-0.4, -0.2) is 41.6 Å². The van der Waals surface area contributed by atoms with Gasteiger partial charge in [-0.3, -0.25) is 4.79 Å². The largest absolute Gasteiger partial charge is 0.417 e. The first-order valence-corrected chi connectivity index (χ1v) is 12.3. The summed E-state index contributed by atoms with van der Waals surface area (Å²) in [5, 5.41) is -1.02. The summed E-state index contributed by atoms with van der Waals surface area (Å²) < 4.78 is 135. The maximum absolute atomic E-state index is 15.0. The highest BCUT2D eigenvalue weighted by Gasteiger charge is 2.41.